The Morgan fingerprint density at radius 1 is 1.14 bits per heavy atom. The van der Waals surface area contributed by atoms with E-state index in [1.54, 1.807) is 45.9 Å². The number of hydrogen-bond acceptors (Lipinski definition) is 10. The number of amides is 1. The van der Waals surface area contributed by atoms with Crippen LogP contribution >= 0.6 is 11.6 Å². The van der Waals surface area contributed by atoms with Crippen LogP contribution in [-0.2, 0) is 23.1 Å². The maximum atomic E-state index is 14.2. The molecule has 2 fully saturated rings. The summed E-state index contributed by atoms with van der Waals surface area (Å²) < 4.78 is 17.8. The number of rotatable bonds is 12. The van der Waals surface area contributed by atoms with E-state index in [0.29, 0.717) is 52.5 Å². The van der Waals surface area contributed by atoms with Crippen molar-refractivity contribution in [2.24, 2.45) is 13.0 Å². The molecule has 2 saturated heterocycles. The van der Waals surface area contributed by atoms with Crippen LogP contribution in [0.1, 0.15) is 44.3 Å². The van der Waals surface area contributed by atoms with Gasteiger partial charge in [0.1, 0.15) is 11.3 Å². The first-order chi connectivity index (χ1) is 27.1. The topological polar surface area (TPSA) is 162 Å². The number of nitrogens with zero attached hydrogens (tertiary/aromatic N) is 8. The summed E-state index contributed by atoms with van der Waals surface area (Å²) in [4.78, 5) is 45.7. The number of anilines is 2. The van der Waals surface area contributed by atoms with Gasteiger partial charge in [-0.15, -0.1) is 0 Å². The van der Waals surface area contributed by atoms with E-state index in [1.807, 2.05) is 45.4 Å². The van der Waals surface area contributed by atoms with Gasteiger partial charge < -0.3 is 39.1 Å². The molecule has 8 rings (SSSR count). The molecule has 16 heteroatoms. The smallest absolute Gasteiger partial charge is 0.251 e. The first-order valence-corrected chi connectivity index (χ1v) is 19.3. The molecule has 0 bridgehead atoms. The lowest BCUT2D eigenvalue weighted by molar-refractivity contribution is -0.126. The number of halogens is 1. The van der Waals surface area contributed by atoms with Gasteiger partial charge in [0.15, 0.2) is 0 Å². The number of hydrogen-bond donors (Lipinski definition) is 3. The number of fused-ring (bicyclic) bond motifs is 2. The van der Waals surface area contributed by atoms with Gasteiger partial charge in [-0.2, -0.15) is 15.1 Å². The first-order valence-electron chi connectivity index (χ1n) is 18.9. The van der Waals surface area contributed by atoms with Crippen molar-refractivity contribution in [1.82, 2.24) is 49.1 Å². The van der Waals surface area contributed by atoms with Crippen molar-refractivity contribution in [2.45, 2.75) is 51.3 Å². The molecule has 0 aliphatic carbocycles. The van der Waals surface area contributed by atoms with Crippen molar-refractivity contribution in [3.05, 3.63) is 88.5 Å². The van der Waals surface area contributed by atoms with Gasteiger partial charge >= 0.3 is 0 Å². The van der Waals surface area contributed by atoms with Gasteiger partial charge in [-0.1, -0.05) is 18.2 Å². The van der Waals surface area contributed by atoms with Gasteiger partial charge in [-0.25, -0.2) is 4.98 Å². The Labute approximate surface area is 328 Å². The normalized spacial score (nSPS) is 17.7. The third-order valence-corrected chi connectivity index (χ3v) is 11.2. The van der Waals surface area contributed by atoms with Crippen LogP contribution in [0.15, 0.2) is 72.2 Å². The van der Waals surface area contributed by atoms with Crippen LogP contribution in [0.5, 0.6) is 5.88 Å². The third kappa shape index (κ3) is 7.29. The molecule has 0 unspecified atom stereocenters. The second kappa shape index (κ2) is 15.6. The highest BCUT2D eigenvalue weighted by Crippen LogP contribution is 2.36. The highest BCUT2D eigenvalue weighted by molar-refractivity contribution is 6.35. The minimum Gasteiger partial charge on any atom is -0.477 e. The van der Waals surface area contributed by atoms with E-state index in [4.69, 9.17) is 26.1 Å². The maximum Gasteiger partial charge on any atom is 0.251 e. The molecule has 15 nitrogen and oxygen atoms in total. The zero-order chi connectivity index (χ0) is 39.1. The van der Waals surface area contributed by atoms with Crippen LogP contribution < -0.4 is 20.9 Å². The molecule has 1 amide bonds. The average Bonchev–Trinajstić information content (AvgIpc) is 3.99. The number of piperidine rings is 1. The molecule has 2 aliphatic rings. The van der Waals surface area contributed by atoms with E-state index in [2.05, 4.69) is 47.9 Å². The van der Waals surface area contributed by atoms with E-state index in [0.717, 1.165) is 59.5 Å². The average molecular weight is 780 g/mol. The van der Waals surface area contributed by atoms with E-state index in [1.165, 1.54) is 0 Å². The summed E-state index contributed by atoms with van der Waals surface area (Å²) in [7, 11) is 3.48. The Morgan fingerprint density at radius 2 is 1.96 bits per heavy atom. The Bertz CT molecular complexity index is 2480. The molecule has 6 aromatic rings. The van der Waals surface area contributed by atoms with Gasteiger partial charge in [0.05, 0.1) is 41.5 Å². The predicted molar refractivity (Wildman–Crippen MR) is 216 cm³/mol. The highest BCUT2D eigenvalue weighted by atomic mass is 35.5. The summed E-state index contributed by atoms with van der Waals surface area (Å²) in [6.45, 7) is 11.5. The van der Waals surface area contributed by atoms with Gasteiger partial charge in [0, 0.05) is 92.6 Å². The Hall–Kier alpha value is -5.51. The van der Waals surface area contributed by atoms with Crippen molar-refractivity contribution in [3.63, 3.8) is 0 Å². The molecule has 2 atom stereocenters. The number of aromatic nitrogens is 8. The highest BCUT2D eigenvalue weighted by Gasteiger charge is 2.37. The minimum absolute atomic E-state index is 0.0208. The van der Waals surface area contributed by atoms with Crippen molar-refractivity contribution in [3.8, 4) is 17.0 Å². The van der Waals surface area contributed by atoms with Gasteiger partial charge in [0.2, 0.25) is 11.8 Å². The predicted octanol–water partition coefficient (Wildman–Crippen LogP) is 5.42. The summed E-state index contributed by atoms with van der Waals surface area (Å²) in [6.07, 6.45) is 10.5. The zero-order valence-electron chi connectivity index (χ0n) is 32.0. The Balaban J connectivity index is 1.03. The number of carbonyl (C=O) groups is 1. The molecule has 0 saturated carbocycles. The lowest BCUT2D eigenvalue weighted by atomic mass is 9.94. The van der Waals surface area contributed by atoms with E-state index < -0.39 is 0 Å². The van der Waals surface area contributed by atoms with Crippen LogP contribution in [0.4, 0.5) is 11.6 Å². The molecule has 0 radical (unpaired) electrons. The number of aromatic amines is 1. The zero-order valence-corrected chi connectivity index (χ0v) is 32.7. The third-order valence-electron chi connectivity index (χ3n) is 10.9. The van der Waals surface area contributed by atoms with Crippen molar-refractivity contribution >= 4 is 51.2 Å². The standard InChI is InChI=1S/C40H46ClN11O4/c1-23(2)51-19-26(6-7-34(51)53)29-10-13-43-37-30(29)14-32(25-8-11-42-12-9-25)52(37)17-24(3)39(54)50-18-27(33(21-50)55-5)22-56-38-35-31(41)16-44-36(35)47-40(48-38)46-28-15-45-49(4)20-28/h6-7,10,13-16,19-20,23,25,27,33,42H,3,8-9,11-12,17-18,21-22H2,1-2,4-5H3,(H2,44,46,47,48)/t27-,33+/m1/s1. The number of likely N-dealkylation sites (tertiary alicyclic amines) is 1. The molecule has 8 heterocycles. The maximum absolute atomic E-state index is 14.2. The summed E-state index contributed by atoms with van der Waals surface area (Å²) in [6, 6.07) is 7.73. The van der Waals surface area contributed by atoms with Crippen molar-refractivity contribution in [1.29, 1.82) is 0 Å². The Kier molecular flexibility index (Phi) is 10.4. The fraction of sp³-hybridized carbons (Fsp3) is 0.400. The fourth-order valence-electron chi connectivity index (χ4n) is 7.95. The van der Waals surface area contributed by atoms with E-state index in [9.17, 15) is 9.59 Å². The van der Waals surface area contributed by atoms with E-state index >= 15 is 0 Å². The molecule has 292 valence electrons. The SMILES string of the molecule is C=C(Cn1c(C2CCNCC2)cc2c(-c3ccc(=O)n(C(C)C)c3)ccnc21)C(=O)N1C[C@H](COc2nc(Nc3cnn(C)c3)nc3[nH]cc(Cl)c23)[C@@H](OC)C1. The second-order valence-corrected chi connectivity index (χ2v) is 15.3. The summed E-state index contributed by atoms with van der Waals surface area (Å²) in [5.41, 5.74) is 5.51. The molecule has 2 aliphatic heterocycles. The van der Waals surface area contributed by atoms with Gasteiger partial charge in [0.25, 0.3) is 11.5 Å². The number of pyridine rings is 2. The number of ether oxygens (including phenoxy) is 2. The van der Waals surface area contributed by atoms with Crippen LogP contribution in [0.2, 0.25) is 5.02 Å². The lowest BCUT2D eigenvalue weighted by Gasteiger charge is -2.25. The largest absolute Gasteiger partial charge is 0.477 e. The number of H-pyrrole nitrogens is 1. The van der Waals surface area contributed by atoms with Crippen molar-refractivity contribution in [2.75, 3.05) is 45.2 Å². The van der Waals surface area contributed by atoms with Crippen LogP contribution in [0, 0.1) is 5.92 Å². The number of carbonyl (C=O) groups excluding carboxylic acids is 1. The number of methoxy groups -OCH3 is 1. The van der Waals surface area contributed by atoms with Gasteiger partial charge in [-0.05, 0) is 69.1 Å². The van der Waals surface area contributed by atoms with Crippen molar-refractivity contribution < 1.29 is 14.3 Å². The lowest BCUT2D eigenvalue weighted by Crippen LogP contribution is -2.32. The number of aryl methyl sites for hydroxylation is 1. The quantitative estimate of drug-likeness (QED) is 0.137. The van der Waals surface area contributed by atoms with E-state index in [-0.39, 0.29) is 42.7 Å². The fourth-order valence-corrected chi connectivity index (χ4v) is 8.17. The molecule has 6 aromatic heterocycles. The molecule has 0 aromatic carbocycles. The second-order valence-electron chi connectivity index (χ2n) is 14.9. The molecular formula is C40H46ClN11O4. The molecule has 3 N–H and O–H groups in total. The number of nitrogens with one attached hydrogen (secondary N) is 3. The van der Waals surface area contributed by atoms with Gasteiger partial charge in [-0.3, -0.25) is 14.3 Å². The summed E-state index contributed by atoms with van der Waals surface area (Å²) >= 11 is 6.53. The minimum atomic E-state index is -0.269. The van der Waals surface area contributed by atoms with Crippen LogP contribution in [-0.4, -0.2) is 95.7 Å². The van der Waals surface area contributed by atoms with Crippen LogP contribution in [0.25, 0.3) is 33.2 Å². The molecule has 0 spiro atoms. The Morgan fingerprint density at radius 3 is 2.71 bits per heavy atom. The summed E-state index contributed by atoms with van der Waals surface area (Å²) in [5.74, 6) is 0.638. The molecule has 56 heavy (non-hydrogen) atoms. The van der Waals surface area contributed by atoms with Crippen LogP contribution in [0.3, 0.4) is 0 Å². The first kappa shape index (κ1) is 37.4. The molecular weight excluding hydrogens is 734 g/mol. The summed E-state index contributed by atoms with van der Waals surface area (Å²) in [5, 5.41) is 12.8. The monoisotopic (exact) mass is 779 g/mol.